The third-order valence-corrected chi connectivity index (χ3v) is 15.8. The normalized spacial score (nSPS) is 14.8. The van der Waals surface area contributed by atoms with Crippen LogP contribution in [0, 0.1) is 12.4 Å². The fourth-order valence-corrected chi connectivity index (χ4v) is 11.0. The molecular formula is C68H75N4OPt+. The van der Waals surface area contributed by atoms with E-state index < -0.39 is 0 Å². The summed E-state index contributed by atoms with van der Waals surface area (Å²) in [4.78, 5) is 5.76. The molecule has 382 valence electrons. The fraction of sp³-hybridized carbons (Fsp3) is 0.353. The molecule has 0 aliphatic heterocycles. The first-order valence-electron chi connectivity index (χ1n) is 26.4. The Balaban J connectivity index is 0.00000672. The van der Waals surface area contributed by atoms with Crippen LogP contribution >= 0.6 is 0 Å². The molecule has 0 saturated heterocycles. The van der Waals surface area contributed by atoms with Gasteiger partial charge in [0.25, 0.3) is 6.33 Å². The average molecular weight is 1160 g/mol. The molecule has 0 fully saturated rings. The molecule has 6 heteroatoms. The third-order valence-electron chi connectivity index (χ3n) is 15.8. The van der Waals surface area contributed by atoms with Crippen molar-refractivity contribution in [1.82, 2.24) is 14.1 Å². The molecule has 2 heterocycles. The molecule has 1 aliphatic carbocycles. The van der Waals surface area contributed by atoms with E-state index in [-0.39, 0.29) is 59.3 Å². The maximum absolute atomic E-state index is 12.7. The molecule has 1 aliphatic rings. The van der Waals surface area contributed by atoms with E-state index in [1.165, 1.54) is 28.7 Å². The van der Waals surface area contributed by atoms with Crippen LogP contribution in [0.5, 0.6) is 5.75 Å². The molecule has 0 bridgehead atoms. The minimum absolute atomic E-state index is 0. The van der Waals surface area contributed by atoms with Gasteiger partial charge in [0.1, 0.15) is 11.6 Å². The van der Waals surface area contributed by atoms with Crippen molar-refractivity contribution in [2.45, 2.75) is 156 Å². The van der Waals surface area contributed by atoms with Crippen molar-refractivity contribution in [3.63, 3.8) is 0 Å². The molecule has 10 rings (SSSR count). The summed E-state index contributed by atoms with van der Waals surface area (Å²) in [6.07, 6.45) is 6.18. The van der Waals surface area contributed by atoms with Crippen LogP contribution in [-0.2, 0) is 53.6 Å². The zero-order chi connectivity index (χ0) is 52.4. The molecule has 0 radical (unpaired) electrons. The Morgan fingerprint density at radius 2 is 1.16 bits per heavy atom. The van der Waals surface area contributed by atoms with E-state index >= 15 is 0 Å². The van der Waals surface area contributed by atoms with Crippen molar-refractivity contribution < 1.29 is 30.7 Å². The number of fused-ring (bicyclic) bond motifs is 3. The molecule has 0 unspecified atom stereocenters. The van der Waals surface area contributed by atoms with E-state index in [1.54, 1.807) is 0 Å². The monoisotopic (exact) mass is 1160 g/mol. The Kier molecular flexibility index (Phi) is 13.1. The number of hydrogen-bond donors (Lipinski definition) is 1. The number of aromatic nitrogens is 4. The van der Waals surface area contributed by atoms with Gasteiger partial charge in [0.05, 0.1) is 39.0 Å². The Morgan fingerprint density at radius 3 is 1.82 bits per heavy atom. The summed E-state index contributed by atoms with van der Waals surface area (Å²) in [6.45, 7) is 36.5. The zero-order valence-corrected chi connectivity index (χ0v) is 48.9. The fourth-order valence-electron chi connectivity index (χ4n) is 11.0. The van der Waals surface area contributed by atoms with Crippen LogP contribution < -0.4 is 4.57 Å². The number of phenols is 1. The predicted molar refractivity (Wildman–Crippen MR) is 305 cm³/mol. The van der Waals surface area contributed by atoms with E-state index in [4.69, 9.17) is 4.98 Å². The van der Waals surface area contributed by atoms with Gasteiger partial charge in [-0.2, -0.15) is 0 Å². The molecule has 0 spiro atoms. The summed E-state index contributed by atoms with van der Waals surface area (Å²) in [7, 11) is 0. The molecule has 5 nitrogen and oxygen atoms in total. The first-order valence-corrected chi connectivity index (χ1v) is 26.4. The van der Waals surface area contributed by atoms with Gasteiger partial charge in [-0.05, 0) is 115 Å². The molecule has 0 atom stereocenters. The third kappa shape index (κ3) is 9.42. The molecule has 1 N–H and O–H groups in total. The predicted octanol–water partition coefficient (Wildman–Crippen LogP) is 17.1. The molecule has 9 aromatic rings. The number of aromatic hydroxyl groups is 1. The van der Waals surface area contributed by atoms with Gasteiger partial charge in [0.2, 0.25) is 0 Å². The number of imidazole rings is 2. The Bertz CT molecular complexity index is 3610. The second kappa shape index (κ2) is 18.4. The van der Waals surface area contributed by atoms with E-state index in [1.807, 2.05) is 0 Å². The number of nitrogens with zero attached hydrogens (tertiary/aromatic N) is 4. The standard InChI is InChI=1S/C68H75N4O.Pt/c1-63(2,3)45-29-32-56(51(38-45)43-23-18-17-19-24-43)72-59-28-22-25-50(60(59)69-62(72)52-39-47(65(7,8)9)40-55(61(52)73)66(10,11)12)44-35-46(64(4,5)6)37-49(36-44)71-42-70(57-26-20-21-27-58(57)71)48-30-31-53-54(41-48)68(15,16)34-33-67(53,13)14;/h17-32,35,37-41,73H,33-34H2,1-16H3;/q-1;+2. The second-order valence-electron chi connectivity index (χ2n) is 26.4. The van der Waals surface area contributed by atoms with Crippen molar-refractivity contribution in [1.29, 1.82) is 0 Å². The van der Waals surface area contributed by atoms with Gasteiger partial charge in [-0.15, -0.1) is 29.3 Å². The van der Waals surface area contributed by atoms with Crippen LogP contribution in [0.3, 0.4) is 0 Å². The molecule has 74 heavy (non-hydrogen) atoms. The number of benzene rings is 7. The van der Waals surface area contributed by atoms with Crippen molar-refractivity contribution in [3.8, 4) is 56.5 Å². The molecule has 2 aromatic heterocycles. The van der Waals surface area contributed by atoms with Gasteiger partial charge in [0.15, 0.2) is 0 Å². The number of rotatable bonds is 6. The molecular weight excluding hydrogens is 1080 g/mol. The Morgan fingerprint density at radius 1 is 0.554 bits per heavy atom. The van der Waals surface area contributed by atoms with Crippen LogP contribution in [0.4, 0.5) is 0 Å². The molecule has 7 aromatic carbocycles. The summed E-state index contributed by atoms with van der Waals surface area (Å²) in [6, 6.07) is 52.7. The van der Waals surface area contributed by atoms with Gasteiger partial charge in [-0.1, -0.05) is 201 Å². The molecule has 0 amide bonds. The Hall–Kier alpha value is -6.03. The number of hydrogen-bond acceptors (Lipinski definition) is 2. The summed E-state index contributed by atoms with van der Waals surface area (Å²) in [5.41, 5.74) is 18.4. The van der Waals surface area contributed by atoms with Crippen molar-refractivity contribution in [2.75, 3.05) is 0 Å². The summed E-state index contributed by atoms with van der Waals surface area (Å²) in [5, 5.41) is 12.7. The minimum Gasteiger partial charge on any atom is -0.507 e. The molecule has 0 saturated carbocycles. The Labute approximate surface area is 456 Å². The van der Waals surface area contributed by atoms with Crippen LogP contribution in [0.15, 0.2) is 133 Å². The summed E-state index contributed by atoms with van der Waals surface area (Å²) < 4.78 is 6.73. The van der Waals surface area contributed by atoms with Crippen LogP contribution in [0.1, 0.15) is 157 Å². The second-order valence-corrected chi connectivity index (χ2v) is 26.4. The number of phenolic OH excluding ortho intramolecular Hbond substituents is 1. The first kappa shape index (κ1) is 52.8. The minimum atomic E-state index is -0.338. The summed E-state index contributed by atoms with van der Waals surface area (Å²) >= 11 is 0. The van der Waals surface area contributed by atoms with Crippen LogP contribution in [-0.4, -0.2) is 19.2 Å². The van der Waals surface area contributed by atoms with E-state index in [0.717, 1.165) is 78.9 Å². The van der Waals surface area contributed by atoms with Gasteiger partial charge in [-0.3, -0.25) is 9.13 Å². The van der Waals surface area contributed by atoms with Crippen molar-refractivity contribution in [3.05, 3.63) is 179 Å². The van der Waals surface area contributed by atoms with E-state index in [9.17, 15) is 5.11 Å². The van der Waals surface area contributed by atoms with E-state index in [0.29, 0.717) is 11.4 Å². The number of para-hydroxylation sites is 3. The van der Waals surface area contributed by atoms with Crippen LogP contribution in [0.25, 0.3) is 72.8 Å². The van der Waals surface area contributed by atoms with Gasteiger partial charge in [-0.25, -0.2) is 4.98 Å². The van der Waals surface area contributed by atoms with Crippen molar-refractivity contribution in [2.24, 2.45) is 0 Å². The first-order chi connectivity index (χ1) is 34.1. The zero-order valence-electron chi connectivity index (χ0n) is 46.7. The van der Waals surface area contributed by atoms with E-state index in [2.05, 4.69) is 270 Å². The maximum atomic E-state index is 12.7. The topological polar surface area (TPSA) is 46.9 Å². The largest absolute Gasteiger partial charge is 2.00 e. The van der Waals surface area contributed by atoms with Crippen molar-refractivity contribution >= 4 is 22.1 Å². The summed E-state index contributed by atoms with van der Waals surface area (Å²) in [5.74, 6) is 0.941. The van der Waals surface area contributed by atoms with Gasteiger partial charge < -0.3 is 9.67 Å². The quantitative estimate of drug-likeness (QED) is 0.133. The smallest absolute Gasteiger partial charge is 0.507 e. The van der Waals surface area contributed by atoms with Gasteiger partial charge in [0, 0.05) is 11.1 Å². The van der Waals surface area contributed by atoms with Crippen LogP contribution in [0.2, 0.25) is 0 Å². The average Bonchev–Trinajstić information content (AvgIpc) is 3.91. The maximum Gasteiger partial charge on any atom is 2.00 e. The SMILES string of the molecule is CC(C)(C)c1cc(-c2cccc3c2nc(-c2cc(C(C)(C)C)cc(C(C)(C)C)c2O)n3-c2ccc(C(C)(C)C)cc2-c2ccccc2)[c-]c(-n2[c-][n+](-c3ccc4c(c3)C(C)(C)CCC4(C)C)c3ccccc32)c1.[Pt+2]. The van der Waals surface area contributed by atoms with Gasteiger partial charge >= 0.3 is 21.1 Å².